The molecule has 414 valence electrons. The molecular formula is C81H68N2O2. The lowest BCUT2D eigenvalue weighted by molar-refractivity contribution is 0.442. The minimum absolute atomic E-state index is 0.436. The van der Waals surface area contributed by atoms with E-state index in [9.17, 15) is 0 Å². The molecule has 4 heteroatoms. The smallest absolute Gasteiger partial charge is 0.159 e. The van der Waals surface area contributed by atoms with Crippen LogP contribution in [0.15, 0.2) is 227 Å². The minimum Gasteiger partial charge on any atom is -0.454 e. The van der Waals surface area contributed by atoms with Gasteiger partial charge in [0.15, 0.2) is 11.2 Å². The van der Waals surface area contributed by atoms with Crippen molar-refractivity contribution in [2.45, 2.75) is 108 Å². The van der Waals surface area contributed by atoms with Crippen LogP contribution in [0, 0.1) is 20.8 Å². The Bertz CT molecular complexity index is 4770. The summed E-state index contributed by atoms with van der Waals surface area (Å²) < 4.78 is 14.9. The largest absolute Gasteiger partial charge is 0.454 e. The van der Waals surface area contributed by atoms with Gasteiger partial charge in [-0.1, -0.05) is 208 Å². The van der Waals surface area contributed by atoms with Gasteiger partial charge < -0.3 is 18.6 Å². The van der Waals surface area contributed by atoms with Crippen LogP contribution in [0.4, 0.5) is 34.1 Å². The van der Waals surface area contributed by atoms with E-state index in [0.29, 0.717) is 17.8 Å². The topological polar surface area (TPSA) is 32.8 Å². The first-order valence-corrected chi connectivity index (χ1v) is 31.4. The standard InChI is InChI=1S/C81H68N2O2/c1-50-39-40-51(2)73(45-50)83(72-38-20-36-67-64-33-17-31-60(77(64)84-80(67)72)53-21-7-4-8-22-53)75-49-70-76(63-30-16-15-29-62(63)75)68-44-43-59(48-69(68)81(70,57-25-9-5-10-26-57)58-27-11-6-12-28-58)82-71-37-19-35-66-65-34-18-32-61(78(65)85-79(66)71)56-24-14-13-23-54(46-56)55-42-41-52(3)74(82)47-55/h5-6,9-12,15-20,25-45,47-49,53-54,56H,4,7-8,13-14,21-24,46H2,1-3H3. The Balaban J connectivity index is 0.958. The van der Waals surface area contributed by atoms with Crippen LogP contribution in [0.2, 0.25) is 0 Å². The van der Waals surface area contributed by atoms with Crippen molar-refractivity contribution in [3.8, 4) is 11.1 Å². The summed E-state index contributed by atoms with van der Waals surface area (Å²) in [5.74, 6) is 1.37. The normalized spacial score (nSPS) is 17.4. The second-order valence-electron chi connectivity index (χ2n) is 25.3. The summed E-state index contributed by atoms with van der Waals surface area (Å²) in [6, 6.07) is 83.6. The summed E-state index contributed by atoms with van der Waals surface area (Å²) in [5, 5.41) is 7.09. The number of furan rings is 2. The lowest BCUT2D eigenvalue weighted by Crippen LogP contribution is -2.29. The van der Waals surface area contributed by atoms with E-state index in [2.05, 4.69) is 249 Å². The average Bonchev–Trinajstić information content (AvgIpc) is 1.70. The lowest BCUT2D eigenvalue weighted by Gasteiger charge is -2.36. The monoisotopic (exact) mass is 1100 g/mol. The minimum atomic E-state index is -0.769. The highest BCUT2D eigenvalue weighted by atomic mass is 16.3. The van der Waals surface area contributed by atoms with Crippen molar-refractivity contribution < 1.29 is 8.83 Å². The average molecular weight is 1100 g/mol. The molecule has 0 saturated heterocycles. The summed E-state index contributed by atoms with van der Waals surface area (Å²) in [5.41, 5.74) is 25.0. The van der Waals surface area contributed by atoms with Crippen molar-refractivity contribution in [2.75, 3.05) is 9.80 Å². The van der Waals surface area contributed by atoms with Crippen molar-refractivity contribution >= 4 is 88.8 Å². The van der Waals surface area contributed by atoms with Crippen molar-refractivity contribution in [1.29, 1.82) is 0 Å². The van der Waals surface area contributed by atoms with Gasteiger partial charge in [0.25, 0.3) is 0 Å². The molecular weight excluding hydrogens is 1030 g/mol. The third-order valence-electron chi connectivity index (χ3n) is 20.5. The molecule has 0 spiro atoms. The molecule has 0 amide bonds. The SMILES string of the molecule is Cc1ccc(C)c(N(c2cc3c(c4ccccc24)-c2ccc(N4c5cc(ccc5C)C5CCCCC(C5)c5cccc6c5oc5c4cccc56)cc2C3(c2ccccc2)c2ccccc2)c2cccc3c2oc2c(C4CCCCC4)cccc23)c1. The Hall–Kier alpha value is -9.12. The number of fused-ring (bicyclic) bond motifs is 15. The van der Waals surface area contributed by atoms with Gasteiger partial charge in [0.2, 0.25) is 0 Å². The van der Waals surface area contributed by atoms with Crippen LogP contribution in [-0.4, -0.2) is 0 Å². The number of para-hydroxylation sites is 4. The zero-order chi connectivity index (χ0) is 56.5. The summed E-state index contributed by atoms with van der Waals surface area (Å²) in [6.07, 6.45) is 12.2. The Kier molecular flexibility index (Phi) is 11.7. The molecule has 0 N–H and O–H groups in total. The van der Waals surface area contributed by atoms with Gasteiger partial charge >= 0.3 is 0 Å². The fourth-order valence-electron chi connectivity index (χ4n) is 16.5. The van der Waals surface area contributed by atoms with Crippen LogP contribution in [0.1, 0.15) is 138 Å². The van der Waals surface area contributed by atoms with Gasteiger partial charge in [0.05, 0.1) is 22.5 Å². The predicted molar refractivity (Wildman–Crippen MR) is 354 cm³/mol. The maximum absolute atomic E-state index is 7.45. The van der Waals surface area contributed by atoms with E-state index in [1.807, 2.05) is 0 Å². The van der Waals surface area contributed by atoms with Gasteiger partial charge in [-0.05, 0) is 185 Å². The molecule has 0 radical (unpaired) electrons. The zero-order valence-corrected chi connectivity index (χ0v) is 48.8. The molecule has 2 atom stereocenters. The van der Waals surface area contributed by atoms with E-state index in [4.69, 9.17) is 8.83 Å². The molecule has 2 unspecified atom stereocenters. The zero-order valence-electron chi connectivity index (χ0n) is 48.8. The number of benzene rings is 11. The van der Waals surface area contributed by atoms with Crippen LogP contribution < -0.4 is 9.80 Å². The summed E-state index contributed by atoms with van der Waals surface area (Å²) in [7, 11) is 0. The second-order valence-corrected chi connectivity index (χ2v) is 25.3. The fourth-order valence-corrected chi connectivity index (χ4v) is 16.5. The first-order valence-electron chi connectivity index (χ1n) is 31.4. The first-order chi connectivity index (χ1) is 41.9. The van der Waals surface area contributed by atoms with Gasteiger partial charge in [0.1, 0.15) is 11.2 Å². The number of nitrogens with zero attached hydrogens (tertiary/aromatic N) is 2. The fraction of sp³-hybridized carbons (Fsp3) is 0.210. The van der Waals surface area contributed by atoms with Crippen molar-refractivity contribution in [3.05, 3.63) is 274 Å². The van der Waals surface area contributed by atoms with E-state index < -0.39 is 5.41 Å². The van der Waals surface area contributed by atoms with Crippen LogP contribution in [0.3, 0.4) is 0 Å². The molecule has 11 aromatic carbocycles. The van der Waals surface area contributed by atoms with Gasteiger partial charge in [-0.15, -0.1) is 0 Å². The van der Waals surface area contributed by atoms with Crippen LogP contribution in [0.25, 0.3) is 65.8 Å². The van der Waals surface area contributed by atoms with E-state index in [-0.39, 0.29) is 0 Å². The Morgan fingerprint density at radius 3 is 1.73 bits per heavy atom. The van der Waals surface area contributed by atoms with Gasteiger partial charge in [0, 0.05) is 44.0 Å². The molecule has 3 heterocycles. The summed E-state index contributed by atoms with van der Waals surface area (Å²) in [4.78, 5) is 5.09. The predicted octanol–water partition coefficient (Wildman–Crippen LogP) is 23.1. The highest BCUT2D eigenvalue weighted by molar-refractivity contribution is 6.16. The molecule has 2 saturated carbocycles. The maximum atomic E-state index is 7.45. The van der Waals surface area contributed by atoms with Crippen molar-refractivity contribution in [3.63, 3.8) is 0 Å². The van der Waals surface area contributed by atoms with E-state index in [1.165, 1.54) is 152 Å². The molecule has 4 nitrogen and oxygen atoms in total. The molecule has 17 rings (SSSR count). The quantitative estimate of drug-likeness (QED) is 0.159. The molecule has 13 aromatic rings. The number of hydrogen-bond donors (Lipinski definition) is 0. The molecule has 2 aromatic heterocycles. The second kappa shape index (κ2) is 19.7. The van der Waals surface area contributed by atoms with Crippen LogP contribution >= 0.6 is 0 Å². The molecule has 85 heavy (non-hydrogen) atoms. The molecule has 1 aliphatic heterocycles. The maximum Gasteiger partial charge on any atom is 0.159 e. The molecule has 6 bridgehead atoms. The Morgan fingerprint density at radius 2 is 0.988 bits per heavy atom. The summed E-state index contributed by atoms with van der Waals surface area (Å²) >= 11 is 0. The van der Waals surface area contributed by atoms with Crippen molar-refractivity contribution in [1.82, 2.24) is 0 Å². The van der Waals surface area contributed by atoms with Gasteiger partial charge in [-0.2, -0.15) is 0 Å². The molecule has 4 aliphatic rings. The highest BCUT2D eigenvalue weighted by Crippen LogP contribution is 2.62. The molecule has 3 aliphatic carbocycles. The number of aryl methyl sites for hydroxylation is 3. The van der Waals surface area contributed by atoms with Crippen LogP contribution in [0.5, 0.6) is 0 Å². The van der Waals surface area contributed by atoms with E-state index in [0.717, 1.165) is 68.0 Å². The molecule has 2 fully saturated rings. The van der Waals surface area contributed by atoms with E-state index >= 15 is 0 Å². The Labute approximate surface area is 498 Å². The van der Waals surface area contributed by atoms with Gasteiger partial charge in [-0.3, -0.25) is 0 Å². The van der Waals surface area contributed by atoms with E-state index in [1.54, 1.807) is 0 Å². The highest BCUT2D eigenvalue weighted by Gasteiger charge is 2.48. The van der Waals surface area contributed by atoms with Crippen LogP contribution in [-0.2, 0) is 5.41 Å². The Morgan fingerprint density at radius 1 is 0.400 bits per heavy atom. The lowest BCUT2D eigenvalue weighted by atomic mass is 9.67. The number of anilines is 6. The third kappa shape index (κ3) is 7.66. The number of hydrogen-bond acceptors (Lipinski definition) is 4. The third-order valence-corrected chi connectivity index (χ3v) is 20.5. The van der Waals surface area contributed by atoms with Crippen molar-refractivity contribution in [2.24, 2.45) is 0 Å². The van der Waals surface area contributed by atoms with Gasteiger partial charge in [-0.25, -0.2) is 0 Å². The summed E-state index contributed by atoms with van der Waals surface area (Å²) in [6.45, 7) is 6.78. The number of rotatable bonds is 7. The first kappa shape index (κ1) is 50.4.